The second-order valence-corrected chi connectivity index (χ2v) is 4.19. The minimum atomic E-state index is -1.10. The Morgan fingerprint density at radius 3 is 2.81 bits per heavy atom. The van der Waals surface area contributed by atoms with Gasteiger partial charge in [0.15, 0.2) is 12.2 Å². The first-order valence-corrected chi connectivity index (χ1v) is 5.23. The number of aliphatic hydroxyl groups is 1. The molecule has 0 spiro atoms. The standard InChI is InChI=1S/C10H13ClO5/c1-5(11)9(14)10-7(15-6(2)12)3-4-8(13)16-10/h3-5,7,9-10,14H,1-2H3/t5-,7-,9-,10+/m0/s1. The highest BCUT2D eigenvalue weighted by atomic mass is 35.5. The van der Waals surface area contributed by atoms with E-state index in [-0.39, 0.29) is 0 Å². The number of carbonyl (C=O) groups is 2. The Morgan fingerprint density at radius 2 is 2.31 bits per heavy atom. The Balaban J connectivity index is 2.81. The summed E-state index contributed by atoms with van der Waals surface area (Å²) in [6.45, 7) is 2.79. The molecule has 0 fully saturated rings. The monoisotopic (exact) mass is 248 g/mol. The smallest absolute Gasteiger partial charge is 0.331 e. The predicted molar refractivity (Wildman–Crippen MR) is 55.9 cm³/mol. The van der Waals surface area contributed by atoms with Gasteiger partial charge in [-0.05, 0) is 13.0 Å². The van der Waals surface area contributed by atoms with Gasteiger partial charge in [-0.1, -0.05) is 0 Å². The van der Waals surface area contributed by atoms with Gasteiger partial charge in [-0.25, -0.2) is 4.79 Å². The lowest BCUT2D eigenvalue weighted by atomic mass is 10.0. The maximum absolute atomic E-state index is 11.0. The van der Waals surface area contributed by atoms with Gasteiger partial charge in [0.25, 0.3) is 0 Å². The summed E-state index contributed by atoms with van der Waals surface area (Å²) >= 11 is 5.71. The van der Waals surface area contributed by atoms with Crippen LogP contribution in [0, 0.1) is 0 Å². The number of hydrogen-bond acceptors (Lipinski definition) is 5. The molecule has 0 unspecified atom stereocenters. The van der Waals surface area contributed by atoms with Gasteiger partial charge in [0, 0.05) is 13.0 Å². The van der Waals surface area contributed by atoms with E-state index in [9.17, 15) is 14.7 Å². The number of halogens is 1. The van der Waals surface area contributed by atoms with Crippen LogP contribution in [-0.4, -0.2) is 40.7 Å². The van der Waals surface area contributed by atoms with Crippen LogP contribution in [0.2, 0.25) is 0 Å². The van der Waals surface area contributed by atoms with Crippen LogP contribution in [0.3, 0.4) is 0 Å². The largest absolute Gasteiger partial charge is 0.454 e. The van der Waals surface area contributed by atoms with Crippen molar-refractivity contribution in [2.45, 2.75) is 37.5 Å². The molecule has 1 heterocycles. The SMILES string of the molecule is CC(=O)O[C@H]1C=CC(=O)O[C@H]1[C@@H](O)[C@H](C)Cl. The van der Waals surface area contributed by atoms with E-state index in [0.29, 0.717) is 0 Å². The average molecular weight is 249 g/mol. The molecule has 0 aromatic heterocycles. The van der Waals surface area contributed by atoms with Crippen molar-refractivity contribution < 1.29 is 24.2 Å². The number of esters is 2. The molecule has 5 nitrogen and oxygen atoms in total. The molecular formula is C10H13ClO5. The van der Waals surface area contributed by atoms with Gasteiger partial charge < -0.3 is 14.6 Å². The summed E-state index contributed by atoms with van der Waals surface area (Å²) in [4.78, 5) is 21.8. The van der Waals surface area contributed by atoms with Crippen LogP contribution in [0.1, 0.15) is 13.8 Å². The molecule has 0 saturated carbocycles. The number of cyclic esters (lactones) is 1. The van der Waals surface area contributed by atoms with Crippen molar-refractivity contribution in [2.24, 2.45) is 0 Å². The number of alkyl halides is 1. The zero-order valence-corrected chi connectivity index (χ0v) is 9.68. The van der Waals surface area contributed by atoms with E-state index in [2.05, 4.69) is 0 Å². The molecule has 1 aliphatic heterocycles. The lowest BCUT2D eigenvalue weighted by Gasteiger charge is -2.31. The van der Waals surface area contributed by atoms with Crippen LogP contribution in [-0.2, 0) is 19.1 Å². The maximum atomic E-state index is 11.0. The predicted octanol–water partition coefficient (Wildman–Crippen LogP) is 0.388. The van der Waals surface area contributed by atoms with E-state index in [0.717, 1.165) is 6.08 Å². The van der Waals surface area contributed by atoms with Gasteiger partial charge in [-0.15, -0.1) is 11.6 Å². The van der Waals surface area contributed by atoms with Crippen LogP contribution < -0.4 is 0 Å². The molecule has 0 aromatic carbocycles. The molecule has 16 heavy (non-hydrogen) atoms. The molecule has 0 bridgehead atoms. The van der Waals surface area contributed by atoms with E-state index in [4.69, 9.17) is 21.1 Å². The summed E-state index contributed by atoms with van der Waals surface area (Å²) in [6, 6.07) is 0. The number of ether oxygens (including phenoxy) is 2. The lowest BCUT2D eigenvalue weighted by molar-refractivity contribution is -0.170. The molecule has 1 aliphatic rings. The van der Waals surface area contributed by atoms with Crippen LogP contribution in [0.5, 0.6) is 0 Å². The number of hydrogen-bond donors (Lipinski definition) is 1. The van der Waals surface area contributed by atoms with E-state index < -0.39 is 35.6 Å². The first kappa shape index (κ1) is 13.0. The molecule has 0 saturated heterocycles. The van der Waals surface area contributed by atoms with Crippen LogP contribution >= 0.6 is 11.6 Å². The first-order valence-electron chi connectivity index (χ1n) is 4.80. The minimum Gasteiger partial charge on any atom is -0.454 e. The highest BCUT2D eigenvalue weighted by molar-refractivity contribution is 6.20. The molecule has 0 radical (unpaired) electrons. The molecular weight excluding hydrogens is 236 g/mol. The minimum absolute atomic E-state index is 0.521. The van der Waals surface area contributed by atoms with Crippen molar-refractivity contribution in [2.75, 3.05) is 0 Å². The fourth-order valence-electron chi connectivity index (χ4n) is 1.35. The lowest BCUT2D eigenvalue weighted by Crippen LogP contribution is -2.47. The number of carbonyl (C=O) groups excluding carboxylic acids is 2. The second kappa shape index (κ2) is 5.32. The second-order valence-electron chi connectivity index (χ2n) is 3.50. The molecule has 0 aliphatic carbocycles. The molecule has 1 N–H and O–H groups in total. The van der Waals surface area contributed by atoms with Crippen molar-refractivity contribution in [3.05, 3.63) is 12.2 Å². The first-order chi connectivity index (χ1) is 7.41. The van der Waals surface area contributed by atoms with Crippen LogP contribution in [0.25, 0.3) is 0 Å². The zero-order valence-electron chi connectivity index (χ0n) is 8.92. The molecule has 6 heteroatoms. The van der Waals surface area contributed by atoms with E-state index >= 15 is 0 Å². The Hall–Kier alpha value is -1.07. The summed E-state index contributed by atoms with van der Waals surface area (Å²) in [5, 5.41) is 9.10. The highest BCUT2D eigenvalue weighted by Crippen LogP contribution is 2.20. The van der Waals surface area contributed by atoms with Crippen LogP contribution in [0.4, 0.5) is 0 Å². The average Bonchev–Trinajstić information content (AvgIpc) is 2.18. The van der Waals surface area contributed by atoms with E-state index in [1.807, 2.05) is 0 Å². The molecule has 0 amide bonds. The Bertz CT molecular complexity index is 312. The highest BCUT2D eigenvalue weighted by Gasteiger charge is 2.37. The summed E-state index contributed by atoms with van der Waals surface area (Å²) in [7, 11) is 0. The zero-order chi connectivity index (χ0) is 12.3. The van der Waals surface area contributed by atoms with Crippen LogP contribution in [0.15, 0.2) is 12.2 Å². The topological polar surface area (TPSA) is 72.8 Å². The summed E-state index contributed by atoms with van der Waals surface area (Å²) in [5.74, 6) is -1.11. The Kier molecular flexibility index (Phi) is 4.32. The van der Waals surface area contributed by atoms with Gasteiger partial charge in [-0.3, -0.25) is 4.79 Å². The van der Waals surface area contributed by atoms with Gasteiger partial charge in [0.1, 0.15) is 6.10 Å². The Labute approximate surface area is 98.0 Å². The van der Waals surface area contributed by atoms with Crippen molar-refractivity contribution >= 4 is 23.5 Å². The molecule has 0 aromatic rings. The summed E-state index contributed by atoms with van der Waals surface area (Å²) < 4.78 is 9.79. The molecule has 4 atom stereocenters. The third-order valence-corrected chi connectivity index (χ3v) is 2.37. The van der Waals surface area contributed by atoms with Crippen molar-refractivity contribution in [1.29, 1.82) is 0 Å². The fraction of sp³-hybridized carbons (Fsp3) is 0.600. The van der Waals surface area contributed by atoms with E-state index in [1.54, 1.807) is 6.92 Å². The third kappa shape index (κ3) is 3.21. The van der Waals surface area contributed by atoms with Gasteiger partial charge in [-0.2, -0.15) is 0 Å². The Morgan fingerprint density at radius 1 is 1.69 bits per heavy atom. The van der Waals surface area contributed by atoms with Crippen molar-refractivity contribution in [3.8, 4) is 0 Å². The molecule has 90 valence electrons. The van der Waals surface area contributed by atoms with Crippen molar-refractivity contribution in [1.82, 2.24) is 0 Å². The van der Waals surface area contributed by atoms with Gasteiger partial charge in [0.05, 0.1) is 5.38 Å². The number of aliphatic hydroxyl groups excluding tert-OH is 1. The van der Waals surface area contributed by atoms with Crippen molar-refractivity contribution in [3.63, 3.8) is 0 Å². The third-order valence-electron chi connectivity index (χ3n) is 2.11. The summed E-state index contributed by atoms with van der Waals surface area (Å²) in [6.07, 6.45) is -0.337. The maximum Gasteiger partial charge on any atom is 0.331 e. The summed E-state index contributed by atoms with van der Waals surface area (Å²) in [5.41, 5.74) is 0. The van der Waals surface area contributed by atoms with Gasteiger partial charge >= 0.3 is 11.9 Å². The van der Waals surface area contributed by atoms with E-state index in [1.165, 1.54) is 13.0 Å². The quantitative estimate of drug-likeness (QED) is 0.578. The normalized spacial score (nSPS) is 28.1. The number of rotatable bonds is 3. The fourth-order valence-corrected chi connectivity index (χ4v) is 1.49. The molecule has 1 rings (SSSR count). The van der Waals surface area contributed by atoms with Gasteiger partial charge in [0.2, 0.25) is 0 Å².